The highest BCUT2D eigenvalue weighted by Gasteiger charge is 2.37. The van der Waals surface area contributed by atoms with Crippen molar-refractivity contribution in [2.24, 2.45) is 20.5 Å². The second-order valence-electron chi connectivity index (χ2n) is 9.04. The van der Waals surface area contributed by atoms with Gasteiger partial charge in [0.1, 0.15) is 22.6 Å². The third kappa shape index (κ3) is 5.29. The van der Waals surface area contributed by atoms with Gasteiger partial charge in [-0.3, -0.25) is 9.69 Å². The van der Waals surface area contributed by atoms with Crippen molar-refractivity contribution in [2.45, 2.75) is 12.3 Å². The van der Waals surface area contributed by atoms with Crippen LogP contribution in [0.1, 0.15) is 16.5 Å². The molecule has 0 radical (unpaired) electrons. The first-order valence-electron chi connectivity index (χ1n) is 12.3. The zero-order chi connectivity index (χ0) is 27.6. The Bertz CT molecular complexity index is 1750. The summed E-state index contributed by atoms with van der Waals surface area (Å²) in [6, 6.07) is 24.8. The van der Waals surface area contributed by atoms with E-state index in [4.69, 9.17) is 0 Å². The number of aryl methyl sites for hydroxylation is 1. The molecule has 2 heterocycles. The number of hydrogen-bond acceptors (Lipinski definition) is 10. The minimum atomic E-state index is -0.583. The van der Waals surface area contributed by atoms with E-state index in [1.54, 1.807) is 18.2 Å². The van der Waals surface area contributed by atoms with Crippen LogP contribution in [-0.4, -0.2) is 26.9 Å². The molecule has 0 bridgehead atoms. The average Bonchev–Trinajstić information content (AvgIpc) is 3.55. The molecule has 0 aliphatic carbocycles. The van der Waals surface area contributed by atoms with Gasteiger partial charge in [0.05, 0.1) is 33.0 Å². The Morgan fingerprint density at radius 1 is 0.875 bits per heavy atom. The summed E-state index contributed by atoms with van der Waals surface area (Å²) in [4.78, 5) is 19.1. The van der Waals surface area contributed by atoms with Gasteiger partial charge in [0.15, 0.2) is 0 Å². The van der Waals surface area contributed by atoms with E-state index in [-0.39, 0.29) is 23.2 Å². The predicted octanol–water partition coefficient (Wildman–Crippen LogP) is 8.63. The summed E-state index contributed by atoms with van der Waals surface area (Å²) in [6.45, 7) is 1.99. The zero-order valence-corrected chi connectivity index (χ0v) is 22.8. The number of thiazole rings is 1. The van der Waals surface area contributed by atoms with Crippen molar-refractivity contribution in [3.8, 4) is 11.5 Å². The van der Waals surface area contributed by atoms with Crippen LogP contribution in [0.25, 0.3) is 10.2 Å². The summed E-state index contributed by atoms with van der Waals surface area (Å²) in [5.74, 6) is -0.00562. The van der Waals surface area contributed by atoms with E-state index in [1.165, 1.54) is 46.2 Å². The molecule has 1 saturated heterocycles. The molecule has 1 atom stereocenters. The lowest BCUT2D eigenvalue weighted by atomic mass is 10.1. The number of nitrogens with zero attached hydrogens (tertiary/aromatic N) is 6. The second-order valence-corrected chi connectivity index (χ2v) is 11.1. The Labute approximate surface area is 237 Å². The molecule has 0 spiro atoms. The molecule has 40 heavy (non-hydrogen) atoms. The SMILES string of the molecule is Cc1ccc(N=Nc2ccc(O)cc2N2C(=O)CSC2c2cc(N=Nc3nc4ccccc4s3)ccc2O)cc1. The number of carbonyl (C=O) groups excluding carboxylic acids is 1. The summed E-state index contributed by atoms with van der Waals surface area (Å²) in [6.07, 6.45) is 0. The molecule has 1 aliphatic heterocycles. The number of phenols is 2. The largest absolute Gasteiger partial charge is 0.508 e. The third-order valence-corrected chi connectivity index (χ3v) is 8.32. The van der Waals surface area contributed by atoms with Crippen molar-refractivity contribution in [1.82, 2.24) is 4.98 Å². The number of rotatable bonds is 6. The van der Waals surface area contributed by atoms with E-state index in [2.05, 4.69) is 25.4 Å². The summed E-state index contributed by atoms with van der Waals surface area (Å²) in [5.41, 5.74) is 4.40. The average molecular weight is 567 g/mol. The van der Waals surface area contributed by atoms with Crippen molar-refractivity contribution in [1.29, 1.82) is 0 Å². The first-order chi connectivity index (χ1) is 19.4. The van der Waals surface area contributed by atoms with Gasteiger partial charge in [-0.2, -0.15) is 5.11 Å². The van der Waals surface area contributed by atoms with E-state index >= 15 is 0 Å². The van der Waals surface area contributed by atoms with E-state index in [0.717, 1.165) is 15.8 Å². The summed E-state index contributed by atoms with van der Waals surface area (Å²) >= 11 is 2.79. The molecule has 198 valence electrons. The van der Waals surface area contributed by atoms with Crippen LogP contribution < -0.4 is 4.90 Å². The lowest BCUT2D eigenvalue weighted by molar-refractivity contribution is -0.115. The zero-order valence-electron chi connectivity index (χ0n) is 21.2. The molecule has 1 fully saturated rings. The number of azo groups is 2. The topological polar surface area (TPSA) is 123 Å². The van der Waals surface area contributed by atoms with Crippen LogP contribution in [-0.2, 0) is 4.79 Å². The summed E-state index contributed by atoms with van der Waals surface area (Å²) in [5, 5.41) is 38.4. The molecule has 2 N–H and O–H groups in total. The van der Waals surface area contributed by atoms with Crippen LogP contribution in [0.5, 0.6) is 11.5 Å². The molecular formula is C29H22N6O3S2. The fourth-order valence-electron chi connectivity index (χ4n) is 4.23. The Hall–Kier alpha value is -4.61. The number of aromatic nitrogens is 1. The maximum atomic E-state index is 13.1. The maximum absolute atomic E-state index is 13.1. The lowest BCUT2D eigenvalue weighted by Gasteiger charge is -2.26. The fourth-order valence-corrected chi connectivity index (χ4v) is 6.21. The molecule has 1 aromatic heterocycles. The minimum absolute atomic E-state index is 0.0131. The maximum Gasteiger partial charge on any atom is 0.238 e. The van der Waals surface area contributed by atoms with Crippen LogP contribution >= 0.6 is 23.1 Å². The number of aromatic hydroxyl groups is 2. The smallest absolute Gasteiger partial charge is 0.238 e. The quantitative estimate of drug-likeness (QED) is 0.199. The van der Waals surface area contributed by atoms with E-state index in [1.807, 2.05) is 55.5 Å². The number of hydrogen-bond donors (Lipinski definition) is 2. The number of amides is 1. The summed E-state index contributed by atoms with van der Waals surface area (Å²) in [7, 11) is 0. The molecule has 5 aromatic rings. The third-order valence-electron chi connectivity index (χ3n) is 6.20. The van der Waals surface area contributed by atoms with Crippen molar-refractivity contribution in [3.63, 3.8) is 0 Å². The highest BCUT2D eigenvalue weighted by atomic mass is 32.2. The summed E-state index contributed by atoms with van der Waals surface area (Å²) < 4.78 is 1.01. The normalized spacial score (nSPS) is 15.7. The Balaban J connectivity index is 1.33. The molecule has 6 rings (SSSR count). The van der Waals surface area contributed by atoms with Gasteiger partial charge in [-0.1, -0.05) is 41.2 Å². The molecule has 0 saturated carbocycles. The lowest BCUT2D eigenvalue weighted by Crippen LogP contribution is -2.27. The van der Waals surface area contributed by atoms with Crippen LogP contribution in [0.4, 0.5) is 27.9 Å². The minimum Gasteiger partial charge on any atom is -0.508 e. The molecule has 4 aromatic carbocycles. The van der Waals surface area contributed by atoms with E-state index in [0.29, 0.717) is 33.4 Å². The first kappa shape index (κ1) is 25.7. The van der Waals surface area contributed by atoms with Crippen molar-refractivity contribution < 1.29 is 15.0 Å². The van der Waals surface area contributed by atoms with E-state index < -0.39 is 5.37 Å². The van der Waals surface area contributed by atoms with Crippen LogP contribution in [0, 0.1) is 6.92 Å². The van der Waals surface area contributed by atoms with Gasteiger partial charge in [-0.15, -0.1) is 27.1 Å². The van der Waals surface area contributed by atoms with Crippen LogP contribution in [0.15, 0.2) is 105 Å². The number of phenolic OH excluding ortho intramolecular Hbond substituents is 2. The standard InChI is InChI=1S/C29H22N6O3S2/c1-17-6-8-18(9-7-17)31-33-22-12-11-20(36)15-24(22)35-27(38)16-39-28(35)21-14-19(10-13-25(21)37)32-34-29-30-23-4-2-3-5-26(23)40-29/h2-15,28,36-37H,16H2,1H3. The molecular weight excluding hydrogens is 544 g/mol. The predicted molar refractivity (Wildman–Crippen MR) is 158 cm³/mol. The van der Waals surface area contributed by atoms with Gasteiger partial charge in [0.25, 0.3) is 0 Å². The van der Waals surface area contributed by atoms with E-state index in [9.17, 15) is 15.0 Å². The molecule has 9 nitrogen and oxygen atoms in total. The molecule has 1 amide bonds. The molecule has 1 aliphatic rings. The van der Waals surface area contributed by atoms with Gasteiger partial charge in [-0.05, 0) is 61.5 Å². The van der Waals surface area contributed by atoms with Gasteiger partial charge in [-0.25, -0.2) is 4.98 Å². The highest BCUT2D eigenvalue weighted by molar-refractivity contribution is 8.00. The number of thioether (sulfide) groups is 1. The second kappa shape index (κ2) is 10.9. The molecule has 11 heteroatoms. The van der Waals surface area contributed by atoms with Gasteiger partial charge in [0.2, 0.25) is 11.0 Å². The Morgan fingerprint density at radius 3 is 2.48 bits per heavy atom. The number of carbonyl (C=O) groups is 1. The number of anilines is 1. The number of fused-ring (bicyclic) bond motifs is 1. The van der Waals surface area contributed by atoms with Crippen molar-refractivity contribution in [3.05, 3.63) is 96.1 Å². The number of benzene rings is 4. The van der Waals surface area contributed by atoms with Crippen LogP contribution in [0.3, 0.4) is 0 Å². The first-order valence-corrected chi connectivity index (χ1v) is 14.2. The van der Waals surface area contributed by atoms with Crippen molar-refractivity contribution >= 4 is 67.1 Å². The number of para-hydroxylation sites is 1. The van der Waals surface area contributed by atoms with Crippen LogP contribution in [0.2, 0.25) is 0 Å². The molecule has 1 unspecified atom stereocenters. The van der Waals surface area contributed by atoms with Gasteiger partial charge in [0, 0.05) is 11.6 Å². The van der Waals surface area contributed by atoms with Crippen molar-refractivity contribution in [2.75, 3.05) is 10.7 Å². The van der Waals surface area contributed by atoms with Gasteiger partial charge >= 0.3 is 0 Å². The highest BCUT2D eigenvalue weighted by Crippen LogP contribution is 2.48. The Kier molecular flexibility index (Phi) is 6.97. The fraction of sp³-hybridized carbons (Fsp3) is 0.103. The monoisotopic (exact) mass is 566 g/mol. The van der Waals surface area contributed by atoms with Gasteiger partial charge < -0.3 is 10.2 Å². The Morgan fingerprint density at radius 2 is 1.65 bits per heavy atom.